The molecule has 1 aliphatic heterocycles. The lowest BCUT2D eigenvalue weighted by Gasteiger charge is -2.16. The van der Waals surface area contributed by atoms with Crippen molar-refractivity contribution >= 4 is 30.6 Å². The number of ether oxygens (including phenoxy) is 1. The van der Waals surface area contributed by atoms with Crippen LogP contribution in [0, 0.1) is 0 Å². The highest BCUT2D eigenvalue weighted by Crippen LogP contribution is 2.07. The maximum Gasteiger partial charge on any atom is 0.418 e. The minimum absolute atomic E-state index is 0.261. The predicted octanol–water partition coefficient (Wildman–Crippen LogP) is 2.67. The van der Waals surface area contributed by atoms with E-state index in [0.717, 1.165) is 21.8 Å². The molecule has 1 amide bonds. The van der Waals surface area contributed by atoms with E-state index in [1.54, 1.807) is 12.4 Å². The van der Waals surface area contributed by atoms with E-state index in [2.05, 4.69) is 22.8 Å². The maximum atomic E-state index is 12.3. The van der Waals surface area contributed by atoms with Gasteiger partial charge < -0.3 is 9.30 Å². The molecule has 118 valence electrons. The van der Waals surface area contributed by atoms with Crippen molar-refractivity contribution in [2.45, 2.75) is 6.61 Å². The first-order valence-corrected chi connectivity index (χ1v) is 7.77. The van der Waals surface area contributed by atoms with Crippen molar-refractivity contribution in [1.29, 1.82) is 0 Å². The van der Waals surface area contributed by atoms with Crippen LogP contribution in [0.2, 0.25) is 0 Å². The van der Waals surface area contributed by atoms with E-state index in [4.69, 9.17) is 4.74 Å². The van der Waals surface area contributed by atoms with Crippen molar-refractivity contribution in [2.75, 3.05) is 0 Å². The summed E-state index contributed by atoms with van der Waals surface area (Å²) in [5.74, 6) is 0. The molecule has 0 spiro atoms. The van der Waals surface area contributed by atoms with Crippen molar-refractivity contribution in [3.8, 4) is 0 Å². The van der Waals surface area contributed by atoms with Gasteiger partial charge in [0.15, 0.2) is 0 Å². The molecule has 0 fully saturated rings. The summed E-state index contributed by atoms with van der Waals surface area (Å²) in [5, 5.41) is 2.04. The van der Waals surface area contributed by atoms with Crippen molar-refractivity contribution in [2.24, 2.45) is 0 Å². The molecular formula is C20H16N2O2. The Balaban J connectivity index is 1.56. The Morgan fingerprint density at radius 2 is 1.92 bits per heavy atom. The molecular weight excluding hydrogens is 300 g/mol. The topological polar surface area (TPSA) is 34.5 Å². The summed E-state index contributed by atoms with van der Waals surface area (Å²) in [6.45, 7) is 0.261. The van der Waals surface area contributed by atoms with Gasteiger partial charge in [0.1, 0.15) is 6.61 Å². The Labute approximate surface area is 139 Å². The standard InChI is InChI=1S/C20H16N2O2/c23-20(24-15-16-7-3-1-4-8-16)21-11-12-22-18(14-21)13-17-9-5-2-6-10-19(17)22/h1-14H,15H2. The van der Waals surface area contributed by atoms with Crippen LogP contribution in [0.4, 0.5) is 4.79 Å². The van der Waals surface area contributed by atoms with Crippen LogP contribution in [0.25, 0.3) is 24.6 Å². The van der Waals surface area contributed by atoms with Gasteiger partial charge in [-0.1, -0.05) is 54.6 Å². The van der Waals surface area contributed by atoms with Gasteiger partial charge in [0, 0.05) is 24.2 Å². The van der Waals surface area contributed by atoms with Crippen LogP contribution < -0.4 is 10.7 Å². The lowest BCUT2D eigenvalue weighted by Crippen LogP contribution is -2.32. The first-order valence-electron chi connectivity index (χ1n) is 7.77. The van der Waals surface area contributed by atoms with Gasteiger partial charge in [-0.05, 0) is 17.7 Å². The second kappa shape index (κ2) is 6.08. The first kappa shape index (κ1) is 14.3. The van der Waals surface area contributed by atoms with Crippen LogP contribution in [0.15, 0.2) is 60.8 Å². The molecule has 4 nitrogen and oxygen atoms in total. The number of rotatable bonds is 2. The Bertz CT molecular complexity index is 979. The SMILES string of the molecule is O=C(OCc1ccccc1)N1C=Cn2c(cc3c2=CC=CC=C3)=C1. The molecule has 2 aromatic rings. The van der Waals surface area contributed by atoms with Crippen LogP contribution in [0.1, 0.15) is 11.1 Å². The number of amides is 1. The summed E-state index contributed by atoms with van der Waals surface area (Å²) in [4.78, 5) is 13.7. The zero-order valence-corrected chi connectivity index (χ0v) is 13.0. The number of nitrogens with zero attached hydrogens (tertiary/aromatic N) is 2. The number of aromatic nitrogens is 1. The monoisotopic (exact) mass is 316 g/mol. The third kappa shape index (κ3) is 2.70. The van der Waals surface area contributed by atoms with Crippen LogP contribution in [-0.4, -0.2) is 15.6 Å². The minimum Gasteiger partial charge on any atom is -0.444 e. The Morgan fingerprint density at radius 3 is 2.79 bits per heavy atom. The van der Waals surface area contributed by atoms with E-state index in [-0.39, 0.29) is 6.61 Å². The summed E-state index contributed by atoms with van der Waals surface area (Å²) in [5.41, 5.74) is 2.09. The van der Waals surface area contributed by atoms with E-state index in [0.29, 0.717) is 0 Å². The smallest absolute Gasteiger partial charge is 0.418 e. The number of fused-ring (bicyclic) bond motifs is 3. The van der Waals surface area contributed by atoms with Crippen LogP contribution in [0.5, 0.6) is 0 Å². The molecule has 0 atom stereocenters. The predicted molar refractivity (Wildman–Crippen MR) is 94.6 cm³/mol. The number of carbonyl (C=O) groups is 1. The fourth-order valence-electron chi connectivity index (χ4n) is 2.76. The molecule has 2 heterocycles. The molecule has 1 aliphatic carbocycles. The Kier molecular flexibility index (Phi) is 3.63. The molecule has 4 heteroatoms. The first-order chi connectivity index (χ1) is 11.8. The zero-order valence-electron chi connectivity index (χ0n) is 13.0. The molecule has 1 aromatic carbocycles. The zero-order chi connectivity index (χ0) is 16.4. The van der Waals surface area contributed by atoms with Gasteiger partial charge in [-0.15, -0.1) is 0 Å². The molecule has 0 saturated heterocycles. The van der Waals surface area contributed by atoms with Crippen molar-refractivity contribution < 1.29 is 9.53 Å². The highest BCUT2D eigenvalue weighted by molar-refractivity contribution is 5.75. The summed E-state index contributed by atoms with van der Waals surface area (Å²) in [7, 11) is 0. The Morgan fingerprint density at radius 1 is 1.04 bits per heavy atom. The van der Waals surface area contributed by atoms with Crippen LogP contribution in [-0.2, 0) is 11.3 Å². The van der Waals surface area contributed by atoms with Crippen LogP contribution >= 0.6 is 0 Å². The van der Waals surface area contributed by atoms with Crippen molar-refractivity contribution in [1.82, 2.24) is 9.47 Å². The van der Waals surface area contributed by atoms with Crippen molar-refractivity contribution in [3.05, 3.63) is 82.7 Å². The lowest BCUT2D eigenvalue weighted by molar-refractivity contribution is 0.124. The van der Waals surface area contributed by atoms with Gasteiger partial charge >= 0.3 is 6.09 Å². The van der Waals surface area contributed by atoms with Gasteiger partial charge in [-0.3, -0.25) is 4.90 Å². The third-order valence-electron chi connectivity index (χ3n) is 3.95. The number of carbonyl (C=O) groups excluding carboxylic acids is 1. The fraction of sp³-hybridized carbons (Fsp3) is 0.0500. The number of benzene rings is 1. The molecule has 1 aromatic heterocycles. The highest BCUT2D eigenvalue weighted by atomic mass is 16.6. The third-order valence-corrected chi connectivity index (χ3v) is 3.95. The van der Waals surface area contributed by atoms with E-state index in [9.17, 15) is 4.79 Å². The maximum absolute atomic E-state index is 12.3. The fourth-order valence-corrected chi connectivity index (χ4v) is 2.76. The Hall–Kier alpha value is -3.27. The molecule has 24 heavy (non-hydrogen) atoms. The van der Waals surface area contributed by atoms with E-state index in [1.165, 1.54) is 4.90 Å². The van der Waals surface area contributed by atoms with Gasteiger partial charge in [-0.2, -0.15) is 0 Å². The molecule has 0 unspecified atom stereocenters. The summed E-state index contributed by atoms with van der Waals surface area (Å²) in [6, 6.07) is 11.7. The molecule has 0 N–H and O–H groups in total. The second-order valence-corrected chi connectivity index (χ2v) is 5.57. The van der Waals surface area contributed by atoms with E-state index >= 15 is 0 Å². The average molecular weight is 316 g/mol. The summed E-state index contributed by atoms with van der Waals surface area (Å²) >= 11 is 0. The van der Waals surface area contributed by atoms with Gasteiger partial charge in [0.05, 0.1) is 10.7 Å². The second-order valence-electron chi connectivity index (χ2n) is 5.57. The van der Waals surface area contributed by atoms with Gasteiger partial charge in [-0.25, -0.2) is 4.79 Å². The number of hydrogen-bond acceptors (Lipinski definition) is 2. The average Bonchev–Trinajstić information content (AvgIpc) is 2.80. The molecule has 2 aliphatic rings. The normalized spacial score (nSPS) is 14.2. The highest BCUT2D eigenvalue weighted by Gasteiger charge is 2.14. The number of allylic oxidation sites excluding steroid dienone is 3. The van der Waals surface area contributed by atoms with Crippen LogP contribution in [0.3, 0.4) is 0 Å². The largest absolute Gasteiger partial charge is 0.444 e. The molecule has 0 saturated carbocycles. The quantitative estimate of drug-likeness (QED) is 0.854. The van der Waals surface area contributed by atoms with Crippen molar-refractivity contribution in [3.63, 3.8) is 0 Å². The molecule has 4 rings (SSSR count). The minimum atomic E-state index is -0.392. The van der Waals surface area contributed by atoms with E-state index < -0.39 is 6.09 Å². The lowest BCUT2D eigenvalue weighted by atomic mass is 10.2. The number of hydrogen-bond donors (Lipinski definition) is 0. The summed E-state index contributed by atoms with van der Waals surface area (Å²) in [6.07, 6.45) is 15.1. The van der Waals surface area contributed by atoms with Gasteiger partial charge in [0.2, 0.25) is 0 Å². The molecule has 0 radical (unpaired) electrons. The summed E-state index contributed by atoms with van der Waals surface area (Å²) < 4.78 is 7.42. The van der Waals surface area contributed by atoms with E-state index in [1.807, 2.05) is 54.8 Å². The van der Waals surface area contributed by atoms with Gasteiger partial charge in [0.25, 0.3) is 0 Å². The molecule has 0 bridgehead atoms.